The van der Waals surface area contributed by atoms with Gasteiger partial charge in [0.1, 0.15) is 22.9 Å². The fourth-order valence-corrected chi connectivity index (χ4v) is 5.02. The van der Waals surface area contributed by atoms with Gasteiger partial charge in [-0.15, -0.1) is 0 Å². The molecular formula is C33H31FN2O5. The molecule has 0 aliphatic carbocycles. The molecule has 5 aromatic rings. The molecule has 0 N–H and O–H groups in total. The maximum absolute atomic E-state index is 13.6. The van der Waals surface area contributed by atoms with Crippen LogP contribution in [-0.4, -0.2) is 28.3 Å². The van der Waals surface area contributed by atoms with Gasteiger partial charge >= 0.3 is 0 Å². The largest absolute Gasteiger partial charge is 0.493 e. The summed E-state index contributed by atoms with van der Waals surface area (Å²) in [5.74, 6) is 0.885. The summed E-state index contributed by atoms with van der Waals surface area (Å²) in [6, 6.07) is 15.2. The number of carbonyl (C=O) groups excluding carboxylic acids is 2. The van der Waals surface area contributed by atoms with Gasteiger partial charge in [-0.05, 0) is 61.4 Å². The third-order valence-corrected chi connectivity index (χ3v) is 7.21. The van der Waals surface area contributed by atoms with Crippen molar-refractivity contribution < 1.29 is 27.7 Å². The smallest absolute Gasteiger partial charge is 0.213 e. The predicted molar refractivity (Wildman–Crippen MR) is 154 cm³/mol. The van der Waals surface area contributed by atoms with Crippen molar-refractivity contribution in [1.29, 1.82) is 0 Å². The van der Waals surface area contributed by atoms with Gasteiger partial charge in [-0.25, -0.2) is 4.39 Å². The first-order valence-electron chi connectivity index (χ1n) is 13.6. The zero-order valence-corrected chi connectivity index (χ0v) is 23.7. The van der Waals surface area contributed by atoms with Gasteiger partial charge in [-0.1, -0.05) is 38.1 Å². The van der Waals surface area contributed by atoms with Crippen LogP contribution < -0.4 is 4.74 Å². The van der Waals surface area contributed by atoms with E-state index in [1.165, 1.54) is 18.5 Å². The molecule has 0 bridgehead atoms. The first-order chi connectivity index (χ1) is 19.6. The van der Waals surface area contributed by atoms with Crippen LogP contribution in [0.25, 0.3) is 33.4 Å². The van der Waals surface area contributed by atoms with E-state index in [1.807, 2.05) is 52.0 Å². The number of Topliss-reactive ketones (excluding diaryl/α,β-unsaturated/α-hetero) is 2. The van der Waals surface area contributed by atoms with Crippen molar-refractivity contribution in [3.63, 3.8) is 0 Å². The van der Waals surface area contributed by atoms with Gasteiger partial charge in [-0.2, -0.15) is 4.98 Å². The molecule has 3 aromatic carbocycles. The quantitative estimate of drug-likeness (QED) is 0.161. The number of halogens is 1. The van der Waals surface area contributed by atoms with E-state index in [0.29, 0.717) is 51.6 Å². The average molecular weight is 555 g/mol. The maximum atomic E-state index is 13.6. The Morgan fingerprint density at radius 1 is 0.976 bits per heavy atom. The summed E-state index contributed by atoms with van der Waals surface area (Å²) in [6.45, 7) is 9.78. The number of furan rings is 1. The van der Waals surface area contributed by atoms with Crippen molar-refractivity contribution in [2.24, 2.45) is 0 Å². The third kappa shape index (κ3) is 5.42. The van der Waals surface area contributed by atoms with E-state index in [4.69, 9.17) is 13.7 Å². The molecule has 8 heteroatoms. The van der Waals surface area contributed by atoms with Crippen molar-refractivity contribution >= 4 is 22.5 Å². The van der Waals surface area contributed by atoms with E-state index < -0.39 is 5.41 Å². The van der Waals surface area contributed by atoms with Crippen LogP contribution in [0.5, 0.6) is 5.75 Å². The lowest BCUT2D eigenvalue weighted by molar-refractivity contribution is 0.0952. The van der Waals surface area contributed by atoms with Crippen LogP contribution in [0.2, 0.25) is 0 Å². The number of aryl methyl sites for hydroxylation is 1. The lowest BCUT2D eigenvalue weighted by Crippen LogP contribution is -2.24. The van der Waals surface area contributed by atoms with Crippen LogP contribution >= 0.6 is 0 Å². The van der Waals surface area contributed by atoms with Crippen LogP contribution in [-0.2, 0) is 5.41 Å². The molecule has 0 saturated carbocycles. The van der Waals surface area contributed by atoms with Crippen LogP contribution in [0.4, 0.5) is 4.39 Å². The van der Waals surface area contributed by atoms with Gasteiger partial charge in [-0.3, -0.25) is 9.59 Å². The molecular weight excluding hydrogens is 523 g/mol. The second-order valence-corrected chi connectivity index (χ2v) is 10.6. The van der Waals surface area contributed by atoms with E-state index in [0.717, 1.165) is 16.7 Å². The number of aromatic nitrogens is 2. The zero-order valence-electron chi connectivity index (χ0n) is 23.7. The first-order valence-corrected chi connectivity index (χ1v) is 13.6. The van der Waals surface area contributed by atoms with E-state index >= 15 is 0 Å². The first kappa shape index (κ1) is 28.0. The highest BCUT2D eigenvalue weighted by molar-refractivity contribution is 6.13. The van der Waals surface area contributed by atoms with Crippen LogP contribution in [0.1, 0.15) is 72.6 Å². The summed E-state index contributed by atoms with van der Waals surface area (Å²) in [4.78, 5) is 30.9. The van der Waals surface area contributed by atoms with Crippen LogP contribution in [0.3, 0.4) is 0 Å². The maximum Gasteiger partial charge on any atom is 0.213 e. The fourth-order valence-electron chi connectivity index (χ4n) is 5.02. The van der Waals surface area contributed by atoms with Crippen LogP contribution in [0.15, 0.2) is 69.9 Å². The number of benzene rings is 3. The lowest BCUT2D eigenvalue weighted by atomic mass is 9.83. The number of ketones is 2. The normalized spacial score (nSPS) is 11.7. The number of fused-ring (bicyclic) bond motifs is 1. The monoisotopic (exact) mass is 554 g/mol. The Labute approximate surface area is 237 Å². The highest BCUT2D eigenvalue weighted by Crippen LogP contribution is 2.42. The summed E-state index contributed by atoms with van der Waals surface area (Å²) in [6.07, 6.45) is 1.71. The molecule has 0 radical (unpaired) electrons. The van der Waals surface area contributed by atoms with Gasteiger partial charge < -0.3 is 13.7 Å². The number of hydrogen-bond acceptors (Lipinski definition) is 7. The Kier molecular flexibility index (Phi) is 7.58. The van der Waals surface area contributed by atoms with Gasteiger partial charge in [0.2, 0.25) is 6.39 Å². The fraction of sp³-hybridized carbons (Fsp3) is 0.273. The number of rotatable bonds is 10. The average Bonchev–Trinajstić information content (AvgIpc) is 3.62. The van der Waals surface area contributed by atoms with Crippen LogP contribution in [0, 0.1) is 12.7 Å². The molecule has 7 nitrogen and oxygen atoms in total. The minimum Gasteiger partial charge on any atom is -0.493 e. The molecule has 0 atom stereocenters. The SMILES string of the molecule is CCOc1cc2oc(-c3ccc(F)cc3)c(C(=O)CC)c2cc1-c1ccc(C)c(C(=O)CC(C)(C)c2ncon2)c1. The minimum absolute atomic E-state index is 0.0538. The van der Waals surface area contributed by atoms with Gasteiger partial charge in [0, 0.05) is 46.4 Å². The molecule has 41 heavy (non-hydrogen) atoms. The van der Waals surface area contributed by atoms with Crippen molar-refractivity contribution in [2.45, 2.75) is 52.9 Å². The molecule has 0 amide bonds. The summed E-state index contributed by atoms with van der Waals surface area (Å²) >= 11 is 0. The molecule has 2 heterocycles. The molecule has 210 valence electrons. The summed E-state index contributed by atoms with van der Waals surface area (Å²) in [5.41, 5.74) is 3.80. The Bertz CT molecular complexity index is 1730. The number of carbonyl (C=O) groups is 2. The predicted octanol–water partition coefficient (Wildman–Crippen LogP) is 8.14. The summed E-state index contributed by atoms with van der Waals surface area (Å²) in [7, 11) is 0. The third-order valence-electron chi connectivity index (χ3n) is 7.21. The van der Waals surface area contributed by atoms with Gasteiger partial charge in [0.05, 0.1) is 12.2 Å². The van der Waals surface area contributed by atoms with E-state index in [9.17, 15) is 14.0 Å². The van der Waals surface area contributed by atoms with Gasteiger partial charge in [0.15, 0.2) is 17.4 Å². The Morgan fingerprint density at radius 3 is 2.37 bits per heavy atom. The van der Waals surface area contributed by atoms with Crippen molar-refractivity contribution in [1.82, 2.24) is 10.1 Å². The molecule has 5 rings (SSSR count). The van der Waals surface area contributed by atoms with Gasteiger partial charge in [0.25, 0.3) is 0 Å². The standard InChI is InChI=1S/C33H31FN2O5/c1-6-26(37)30-25-15-24(28(39-7-2)16-29(25)41-31(30)20-10-12-22(34)13-11-20)21-9-8-19(3)23(14-21)27(38)17-33(4,5)32-35-18-40-36-32/h8-16,18H,6-7,17H2,1-5H3. The Morgan fingerprint density at radius 2 is 1.71 bits per heavy atom. The number of ether oxygens (including phenoxy) is 1. The summed E-state index contributed by atoms with van der Waals surface area (Å²) < 4.78 is 30.7. The lowest BCUT2D eigenvalue weighted by Gasteiger charge is -2.20. The Hall–Kier alpha value is -4.59. The molecule has 0 spiro atoms. The number of nitrogens with zero attached hydrogens (tertiary/aromatic N) is 2. The zero-order chi connectivity index (χ0) is 29.3. The van der Waals surface area contributed by atoms with Crippen molar-refractivity contribution in [2.75, 3.05) is 6.61 Å². The molecule has 0 fully saturated rings. The molecule has 0 saturated heterocycles. The number of hydrogen-bond donors (Lipinski definition) is 0. The van der Waals surface area contributed by atoms with E-state index in [1.54, 1.807) is 25.1 Å². The van der Waals surface area contributed by atoms with E-state index in [-0.39, 0.29) is 30.2 Å². The topological polar surface area (TPSA) is 95.4 Å². The second-order valence-electron chi connectivity index (χ2n) is 10.6. The van der Waals surface area contributed by atoms with E-state index in [2.05, 4.69) is 10.1 Å². The Balaban J connectivity index is 1.64. The molecule has 2 aromatic heterocycles. The molecule has 0 aliphatic rings. The summed E-state index contributed by atoms with van der Waals surface area (Å²) in [5, 5.41) is 4.56. The van der Waals surface area contributed by atoms with Crippen molar-refractivity contribution in [3.05, 3.63) is 89.3 Å². The highest BCUT2D eigenvalue weighted by Gasteiger charge is 2.30. The van der Waals surface area contributed by atoms with Crippen molar-refractivity contribution in [3.8, 4) is 28.2 Å². The highest BCUT2D eigenvalue weighted by atomic mass is 19.1. The minimum atomic E-state index is -0.620. The molecule has 0 unspecified atom stereocenters. The second kappa shape index (κ2) is 11.1. The molecule has 0 aliphatic heterocycles.